The Morgan fingerprint density at radius 2 is 2.15 bits per heavy atom. The minimum absolute atomic E-state index is 0.0167. The third-order valence-electron chi connectivity index (χ3n) is 1.38. The molecule has 5 nitrogen and oxygen atoms in total. The maximum Gasteiger partial charge on any atom is 0.252 e. The van der Waals surface area contributed by atoms with Crippen LogP contribution in [0.1, 0.15) is 10.4 Å². The molecule has 0 bridgehead atoms. The molecule has 0 heterocycles. The van der Waals surface area contributed by atoms with Gasteiger partial charge in [-0.05, 0) is 35.0 Å². The average molecular weight is 201 g/mol. The largest absolute Gasteiger partial charge is 0.291 e. The topological polar surface area (TPSA) is 78.8 Å². The maximum atomic E-state index is 10.7. The molecule has 0 amide bonds. The van der Waals surface area contributed by atoms with Crippen molar-refractivity contribution < 1.29 is 10.0 Å². The summed E-state index contributed by atoms with van der Waals surface area (Å²) in [6.07, 6.45) is 0. The van der Waals surface area contributed by atoms with Crippen molar-refractivity contribution in [2.45, 2.75) is 0 Å². The molecule has 0 spiro atoms. The van der Waals surface area contributed by atoms with Crippen LogP contribution in [-0.2, 0) is 0 Å². The highest BCUT2D eigenvalue weighted by atomic mass is 35.5. The number of carbonyl (C=O) groups excluding carboxylic acids is 1. The Hall–Kier alpha value is -1.46. The van der Waals surface area contributed by atoms with Crippen LogP contribution in [0.15, 0.2) is 23.4 Å². The molecule has 0 saturated heterocycles. The van der Waals surface area contributed by atoms with Crippen molar-refractivity contribution in [3.8, 4) is 0 Å². The van der Waals surface area contributed by atoms with Gasteiger partial charge in [0.2, 0.25) is 0 Å². The SMILES string of the molecule is O=Nc1cc(NO)cc(C(=O)Cl)c1. The number of nitroso groups, excluding NO2 is 1. The van der Waals surface area contributed by atoms with Gasteiger partial charge in [0.25, 0.3) is 5.24 Å². The number of halogens is 1. The minimum Gasteiger partial charge on any atom is -0.291 e. The Bertz CT molecular complexity index is 354. The smallest absolute Gasteiger partial charge is 0.252 e. The molecule has 1 rings (SSSR count). The summed E-state index contributed by atoms with van der Waals surface area (Å²) in [7, 11) is 0. The summed E-state index contributed by atoms with van der Waals surface area (Å²) in [4.78, 5) is 20.8. The van der Waals surface area contributed by atoms with Gasteiger partial charge in [0.1, 0.15) is 5.69 Å². The van der Waals surface area contributed by atoms with E-state index in [2.05, 4.69) is 5.18 Å². The van der Waals surface area contributed by atoms with E-state index in [1.54, 1.807) is 5.48 Å². The highest BCUT2D eigenvalue weighted by Gasteiger charge is 2.05. The molecule has 0 saturated carbocycles. The molecule has 68 valence electrons. The molecule has 0 radical (unpaired) electrons. The van der Waals surface area contributed by atoms with Gasteiger partial charge >= 0.3 is 0 Å². The van der Waals surface area contributed by atoms with Crippen molar-refractivity contribution in [3.05, 3.63) is 28.7 Å². The Morgan fingerprint density at radius 1 is 1.46 bits per heavy atom. The Labute approximate surface area is 78.3 Å². The van der Waals surface area contributed by atoms with E-state index in [-0.39, 0.29) is 16.9 Å². The fraction of sp³-hybridized carbons (Fsp3) is 0. The molecular formula is C7H5ClN2O3. The Kier molecular flexibility index (Phi) is 2.94. The summed E-state index contributed by atoms with van der Waals surface area (Å²) in [5.74, 6) is 0. The van der Waals surface area contributed by atoms with E-state index >= 15 is 0 Å². The number of carbonyl (C=O) groups is 1. The van der Waals surface area contributed by atoms with Gasteiger partial charge < -0.3 is 0 Å². The van der Waals surface area contributed by atoms with Gasteiger partial charge in [-0.25, -0.2) is 0 Å². The number of nitrogens with one attached hydrogen (secondary N) is 1. The standard InChI is InChI=1S/C7H5ClN2O3/c8-7(11)4-1-5(9-12)3-6(2-4)10-13/h1-3,9,12H. The molecule has 13 heavy (non-hydrogen) atoms. The second-order valence-electron chi connectivity index (χ2n) is 2.25. The molecule has 0 aliphatic rings. The fourth-order valence-corrected chi connectivity index (χ4v) is 0.951. The van der Waals surface area contributed by atoms with Crippen LogP contribution in [0.2, 0.25) is 0 Å². The second-order valence-corrected chi connectivity index (χ2v) is 2.59. The van der Waals surface area contributed by atoms with Crippen LogP contribution in [0.5, 0.6) is 0 Å². The lowest BCUT2D eigenvalue weighted by molar-refractivity contribution is 0.108. The van der Waals surface area contributed by atoms with Crippen molar-refractivity contribution in [1.29, 1.82) is 0 Å². The van der Waals surface area contributed by atoms with E-state index in [1.807, 2.05) is 0 Å². The van der Waals surface area contributed by atoms with Gasteiger partial charge in [0.05, 0.1) is 5.69 Å². The van der Waals surface area contributed by atoms with Crippen LogP contribution in [0, 0.1) is 4.91 Å². The van der Waals surface area contributed by atoms with Gasteiger partial charge in [-0.15, -0.1) is 4.91 Å². The quantitative estimate of drug-likeness (QED) is 0.446. The zero-order chi connectivity index (χ0) is 9.84. The third kappa shape index (κ3) is 2.24. The van der Waals surface area contributed by atoms with Crippen LogP contribution < -0.4 is 5.48 Å². The van der Waals surface area contributed by atoms with Crippen LogP contribution in [0.25, 0.3) is 0 Å². The molecule has 0 aromatic heterocycles. The van der Waals surface area contributed by atoms with Crippen molar-refractivity contribution in [2.75, 3.05) is 5.48 Å². The normalized spacial score (nSPS) is 9.38. The number of nitrogens with zero attached hydrogens (tertiary/aromatic N) is 1. The van der Waals surface area contributed by atoms with Gasteiger partial charge in [-0.3, -0.25) is 15.5 Å². The predicted octanol–water partition coefficient (Wildman–Crippen LogP) is 2.26. The van der Waals surface area contributed by atoms with E-state index < -0.39 is 5.24 Å². The monoisotopic (exact) mass is 200 g/mol. The highest BCUT2D eigenvalue weighted by molar-refractivity contribution is 6.67. The first-order chi connectivity index (χ1) is 6.17. The lowest BCUT2D eigenvalue weighted by Gasteiger charge is -2.00. The first-order valence-electron chi connectivity index (χ1n) is 3.25. The minimum atomic E-state index is -0.720. The zero-order valence-corrected chi connectivity index (χ0v) is 7.08. The van der Waals surface area contributed by atoms with E-state index in [9.17, 15) is 9.70 Å². The number of rotatable bonds is 3. The Balaban J connectivity index is 3.22. The summed E-state index contributed by atoms with van der Waals surface area (Å²) >= 11 is 5.17. The van der Waals surface area contributed by atoms with Crippen molar-refractivity contribution in [3.63, 3.8) is 0 Å². The highest BCUT2D eigenvalue weighted by Crippen LogP contribution is 2.21. The zero-order valence-electron chi connectivity index (χ0n) is 6.32. The molecular weight excluding hydrogens is 196 g/mol. The molecule has 0 unspecified atom stereocenters. The first-order valence-corrected chi connectivity index (χ1v) is 3.63. The number of benzene rings is 1. The lowest BCUT2D eigenvalue weighted by atomic mass is 10.2. The Morgan fingerprint density at radius 3 is 2.62 bits per heavy atom. The molecule has 0 aliphatic heterocycles. The predicted molar refractivity (Wildman–Crippen MR) is 47.5 cm³/mol. The van der Waals surface area contributed by atoms with Crippen LogP contribution in [0.4, 0.5) is 11.4 Å². The first kappa shape index (κ1) is 9.63. The van der Waals surface area contributed by atoms with E-state index in [0.717, 1.165) is 0 Å². The van der Waals surface area contributed by atoms with Crippen molar-refractivity contribution >= 4 is 28.2 Å². The molecule has 0 aliphatic carbocycles. The number of hydrogen-bond donors (Lipinski definition) is 2. The summed E-state index contributed by atoms with van der Waals surface area (Å²) in [5, 5.41) is 10.4. The number of anilines is 1. The van der Waals surface area contributed by atoms with Crippen molar-refractivity contribution in [2.24, 2.45) is 5.18 Å². The third-order valence-corrected chi connectivity index (χ3v) is 1.60. The van der Waals surface area contributed by atoms with Gasteiger partial charge in [0.15, 0.2) is 0 Å². The number of hydrogen-bond acceptors (Lipinski definition) is 5. The van der Waals surface area contributed by atoms with E-state index in [1.165, 1.54) is 18.2 Å². The summed E-state index contributed by atoms with van der Waals surface area (Å²) in [6.45, 7) is 0. The molecule has 1 aromatic rings. The molecule has 6 heteroatoms. The summed E-state index contributed by atoms with van der Waals surface area (Å²) in [6, 6.07) is 3.80. The maximum absolute atomic E-state index is 10.7. The molecule has 2 N–H and O–H groups in total. The molecule has 0 atom stereocenters. The van der Waals surface area contributed by atoms with Crippen LogP contribution >= 0.6 is 11.6 Å². The van der Waals surface area contributed by atoms with E-state index in [4.69, 9.17) is 16.8 Å². The summed E-state index contributed by atoms with van der Waals surface area (Å²) in [5.41, 5.74) is 2.08. The van der Waals surface area contributed by atoms with Crippen LogP contribution in [-0.4, -0.2) is 10.4 Å². The molecule has 0 fully saturated rings. The van der Waals surface area contributed by atoms with Crippen LogP contribution in [0.3, 0.4) is 0 Å². The van der Waals surface area contributed by atoms with Gasteiger partial charge in [0, 0.05) is 5.56 Å². The lowest BCUT2D eigenvalue weighted by Crippen LogP contribution is -1.93. The van der Waals surface area contributed by atoms with Gasteiger partial charge in [-0.1, -0.05) is 0 Å². The van der Waals surface area contributed by atoms with Crippen molar-refractivity contribution in [1.82, 2.24) is 0 Å². The fourth-order valence-electron chi connectivity index (χ4n) is 0.842. The summed E-state index contributed by atoms with van der Waals surface area (Å²) < 4.78 is 0. The average Bonchev–Trinajstić information content (AvgIpc) is 2.16. The van der Waals surface area contributed by atoms with E-state index in [0.29, 0.717) is 0 Å². The molecule has 1 aromatic carbocycles. The second kappa shape index (κ2) is 3.97. The van der Waals surface area contributed by atoms with Gasteiger partial charge in [-0.2, -0.15) is 0 Å².